The Bertz CT molecular complexity index is 413. The summed E-state index contributed by atoms with van der Waals surface area (Å²) in [6, 6.07) is 1.19. The largest absolute Gasteiger partial charge is 0.379 e. The van der Waals surface area contributed by atoms with Gasteiger partial charge >= 0.3 is 0 Å². The van der Waals surface area contributed by atoms with E-state index in [1.165, 1.54) is 32.2 Å². The van der Waals surface area contributed by atoms with Crippen molar-refractivity contribution in [1.29, 1.82) is 0 Å². The van der Waals surface area contributed by atoms with Crippen LogP contribution < -0.4 is 10.6 Å². The molecule has 0 saturated carbocycles. The summed E-state index contributed by atoms with van der Waals surface area (Å²) in [6.45, 7) is 15.0. The van der Waals surface area contributed by atoms with Gasteiger partial charge in [-0.1, -0.05) is 33.6 Å². The lowest BCUT2D eigenvalue weighted by molar-refractivity contribution is 0.00272. The van der Waals surface area contributed by atoms with Crippen LogP contribution >= 0.6 is 24.0 Å². The molecule has 0 aromatic heterocycles. The van der Waals surface area contributed by atoms with Gasteiger partial charge in [-0.3, -0.25) is 14.8 Å². The van der Waals surface area contributed by atoms with E-state index < -0.39 is 0 Å². The van der Waals surface area contributed by atoms with Gasteiger partial charge < -0.3 is 15.4 Å². The summed E-state index contributed by atoms with van der Waals surface area (Å²) >= 11 is 0. The molecule has 0 amide bonds. The fraction of sp³-hybridized carbons (Fsp3) is 0.950. The minimum Gasteiger partial charge on any atom is -0.379 e. The molecule has 6 nitrogen and oxygen atoms in total. The van der Waals surface area contributed by atoms with Crippen LogP contribution in [-0.4, -0.2) is 87.4 Å². The van der Waals surface area contributed by atoms with Crippen molar-refractivity contribution < 1.29 is 4.74 Å². The molecule has 0 spiro atoms. The van der Waals surface area contributed by atoms with Crippen LogP contribution in [0.15, 0.2) is 4.99 Å². The summed E-state index contributed by atoms with van der Waals surface area (Å²) < 4.78 is 5.56. The lowest BCUT2D eigenvalue weighted by Gasteiger charge is -2.39. The van der Waals surface area contributed by atoms with Gasteiger partial charge in [-0.05, 0) is 31.8 Å². The molecule has 2 rings (SSSR count). The predicted molar refractivity (Wildman–Crippen MR) is 125 cm³/mol. The van der Waals surface area contributed by atoms with E-state index in [0.29, 0.717) is 18.0 Å². The molecule has 0 radical (unpaired) electrons. The van der Waals surface area contributed by atoms with Crippen LogP contribution in [0.4, 0.5) is 0 Å². The number of hydrogen-bond acceptors (Lipinski definition) is 4. The Morgan fingerprint density at radius 2 is 1.81 bits per heavy atom. The van der Waals surface area contributed by atoms with Crippen molar-refractivity contribution in [2.45, 2.75) is 58.5 Å². The van der Waals surface area contributed by atoms with Crippen LogP contribution in [0, 0.1) is 5.92 Å². The first-order valence-corrected chi connectivity index (χ1v) is 10.7. The molecule has 7 heteroatoms. The molecular weight excluding hydrogens is 453 g/mol. The van der Waals surface area contributed by atoms with Crippen LogP contribution in [0.5, 0.6) is 0 Å². The van der Waals surface area contributed by atoms with Crippen molar-refractivity contribution in [2.24, 2.45) is 10.9 Å². The van der Waals surface area contributed by atoms with Gasteiger partial charge in [-0.2, -0.15) is 0 Å². The van der Waals surface area contributed by atoms with Gasteiger partial charge in [0.1, 0.15) is 0 Å². The van der Waals surface area contributed by atoms with Crippen molar-refractivity contribution in [2.75, 3.05) is 59.5 Å². The molecule has 2 saturated heterocycles. The van der Waals surface area contributed by atoms with Crippen LogP contribution in [0.2, 0.25) is 0 Å². The zero-order valence-electron chi connectivity index (χ0n) is 17.9. The quantitative estimate of drug-likeness (QED) is 0.292. The fourth-order valence-electron chi connectivity index (χ4n) is 4.51. The zero-order valence-corrected chi connectivity index (χ0v) is 20.2. The van der Waals surface area contributed by atoms with Gasteiger partial charge in [-0.25, -0.2) is 0 Å². The second kappa shape index (κ2) is 14.0. The molecule has 0 bridgehead atoms. The molecule has 2 atom stereocenters. The molecule has 2 aliphatic rings. The average Bonchev–Trinajstić information content (AvgIpc) is 3.15. The van der Waals surface area contributed by atoms with Crippen molar-refractivity contribution in [3.63, 3.8) is 0 Å². The van der Waals surface area contributed by atoms with E-state index in [9.17, 15) is 0 Å². The van der Waals surface area contributed by atoms with Gasteiger partial charge in [-0.15, -0.1) is 24.0 Å². The number of halogens is 1. The van der Waals surface area contributed by atoms with Gasteiger partial charge in [0.15, 0.2) is 5.96 Å². The highest BCUT2D eigenvalue weighted by Gasteiger charge is 2.27. The number of aliphatic imine (C=N–C) groups is 1. The first kappa shape index (κ1) is 24.9. The number of likely N-dealkylation sites (tertiary alicyclic amines) is 1. The van der Waals surface area contributed by atoms with Gasteiger partial charge in [0.2, 0.25) is 0 Å². The average molecular weight is 495 g/mol. The summed E-state index contributed by atoms with van der Waals surface area (Å²) in [6.07, 6.45) is 5.06. The zero-order chi connectivity index (χ0) is 18.8. The molecule has 2 N–H and O–H groups in total. The highest BCUT2D eigenvalue weighted by molar-refractivity contribution is 14.0. The molecule has 0 aromatic rings. The smallest absolute Gasteiger partial charge is 0.191 e. The molecule has 2 heterocycles. The Labute approximate surface area is 183 Å². The van der Waals surface area contributed by atoms with E-state index >= 15 is 0 Å². The van der Waals surface area contributed by atoms with Gasteiger partial charge in [0.25, 0.3) is 0 Å². The second-order valence-corrected chi connectivity index (χ2v) is 7.55. The number of nitrogens with one attached hydrogen (secondary N) is 2. The molecule has 2 unspecified atom stereocenters. The van der Waals surface area contributed by atoms with E-state index in [0.717, 1.165) is 51.9 Å². The maximum absolute atomic E-state index is 5.56. The molecule has 2 aliphatic heterocycles. The molecule has 160 valence electrons. The summed E-state index contributed by atoms with van der Waals surface area (Å²) in [4.78, 5) is 9.64. The molecule has 2 fully saturated rings. The highest BCUT2D eigenvalue weighted by atomic mass is 127. The number of nitrogens with zero attached hydrogens (tertiary/aromatic N) is 3. The normalized spacial score (nSPS) is 23.3. The van der Waals surface area contributed by atoms with Crippen LogP contribution in [0.1, 0.15) is 46.5 Å². The highest BCUT2D eigenvalue weighted by Crippen LogP contribution is 2.19. The third-order valence-corrected chi connectivity index (χ3v) is 6.22. The summed E-state index contributed by atoms with van der Waals surface area (Å²) in [5, 5.41) is 7.17. The summed E-state index contributed by atoms with van der Waals surface area (Å²) in [5.41, 5.74) is 0. The lowest BCUT2D eigenvalue weighted by Crippen LogP contribution is -2.54. The van der Waals surface area contributed by atoms with Crippen molar-refractivity contribution in [3.8, 4) is 0 Å². The molecule has 0 aliphatic carbocycles. The van der Waals surface area contributed by atoms with Crippen molar-refractivity contribution in [1.82, 2.24) is 20.4 Å². The fourth-order valence-corrected chi connectivity index (χ4v) is 4.51. The molecular formula is C20H42IN5O. The van der Waals surface area contributed by atoms with Crippen LogP contribution in [0.3, 0.4) is 0 Å². The predicted octanol–water partition coefficient (Wildman–Crippen LogP) is 2.39. The van der Waals surface area contributed by atoms with E-state index in [1.54, 1.807) is 0 Å². The Morgan fingerprint density at radius 1 is 1.11 bits per heavy atom. The topological polar surface area (TPSA) is 52.1 Å². The van der Waals surface area contributed by atoms with Crippen molar-refractivity contribution in [3.05, 3.63) is 0 Å². The summed E-state index contributed by atoms with van der Waals surface area (Å²) in [7, 11) is 1.88. The molecule has 27 heavy (non-hydrogen) atoms. The summed E-state index contributed by atoms with van der Waals surface area (Å²) in [5.74, 6) is 1.65. The maximum Gasteiger partial charge on any atom is 0.191 e. The second-order valence-electron chi connectivity index (χ2n) is 7.55. The van der Waals surface area contributed by atoms with Crippen molar-refractivity contribution >= 4 is 29.9 Å². The number of morpholine rings is 1. The van der Waals surface area contributed by atoms with Gasteiger partial charge in [0, 0.05) is 45.3 Å². The van der Waals surface area contributed by atoms with E-state index in [-0.39, 0.29) is 24.0 Å². The Balaban J connectivity index is 0.00000364. The number of guanidine groups is 1. The Morgan fingerprint density at radius 3 is 2.41 bits per heavy atom. The minimum absolute atomic E-state index is 0. The number of ether oxygens (including phenoxy) is 1. The van der Waals surface area contributed by atoms with Crippen LogP contribution in [0.25, 0.3) is 0 Å². The monoisotopic (exact) mass is 495 g/mol. The van der Waals surface area contributed by atoms with Crippen LogP contribution in [-0.2, 0) is 4.74 Å². The standard InChI is InChI=1S/C20H41N5O.HI/c1-5-17(6-2)19(25-11-13-26-14-12-25)16-23-20(21-4)22-15-18-9-8-10-24(18)7-3;/h17-19H,5-16H2,1-4H3,(H2,21,22,23);1H. The number of rotatable bonds is 9. The SMILES string of the molecule is CCC(CC)C(CNC(=NC)NCC1CCCN1CC)N1CCOCC1.I. The molecule has 0 aromatic carbocycles. The van der Waals surface area contributed by atoms with E-state index in [4.69, 9.17) is 4.74 Å². The third-order valence-electron chi connectivity index (χ3n) is 6.22. The first-order valence-electron chi connectivity index (χ1n) is 10.7. The van der Waals surface area contributed by atoms with Gasteiger partial charge in [0.05, 0.1) is 13.2 Å². The van der Waals surface area contributed by atoms with E-state index in [1.807, 2.05) is 7.05 Å². The third kappa shape index (κ3) is 7.66. The Kier molecular flexibility index (Phi) is 12.9. The Hall–Kier alpha value is -0.120. The number of likely N-dealkylation sites (N-methyl/N-ethyl adjacent to an activating group) is 1. The minimum atomic E-state index is 0. The number of hydrogen-bond donors (Lipinski definition) is 2. The maximum atomic E-state index is 5.56. The lowest BCUT2D eigenvalue weighted by atomic mass is 9.92. The van der Waals surface area contributed by atoms with E-state index in [2.05, 4.69) is 46.2 Å². The first-order chi connectivity index (χ1) is 12.7.